The summed E-state index contributed by atoms with van der Waals surface area (Å²) in [5.41, 5.74) is 2.89. The van der Waals surface area contributed by atoms with Crippen LogP contribution in [0.3, 0.4) is 0 Å². The summed E-state index contributed by atoms with van der Waals surface area (Å²) in [6.45, 7) is 16.1. The van der Waals surface area contributed by atoms with E-state index in [0.29, 0.717) is 11.8 Å². The molecule has 0 amide bonds. The molecule has 0 aromatic carbocycles. The summed E-state index contributed by atoms with van der Waals surface area (Å²) in [4.78, 5) is 8.77. The topological polar surface area (TPSA) is 28.7 Å². The molecule has 122 valence electrons. The lowest BCUT2D eigenvalue weighted by molar-refractivity contribution is 0.450. The Balaban J connectivity index is 3.18. The first-order chi connectivity index (χ1) is 9.87. The zero-order chi connectivity index (χ0) is 16.0. The third kappa shape index (κ3) is 4.59. The number of H-pyrrole nitrogens is 1. The molecule has 0 saturated heterocycles. The predicted molar refractivity (Wildman–Crippen MR) is 93.2 cm³/mol. The smallest absolute Gasteiger partial charge is 0.109 e. The normalized spacial score (nSPS) is 15.2. The lowest BCUT2D eigenvalue weighted by Crippen LogP contribution is -2.20. The van der Waals surface area contributed by atoms with E-state index in [4.69, 9.17) is 4.98 Å². The van der Waals surface area contributed by atoms with Gasteiger partial charge in [-0.15, -0.1) is 0 Å². The summed E-state index contributed by atoms with van der Waals surface area (Å²) < 4.78 is 0. The lowest BCUT2D eigenvalue weighted by Gasteiger charge is -2.25. The number of rotatable bonds is 9. The first-order valence-electron chi connectivity index (χ1n) is 8.97. The van der Waals surface area contributed by atoms with E-state index in [0.717, 1.165) is 0 Å². The van der Waals surface area contributed by atoms with Crippen LogP contribution in [0.5, 0.6) is 0 Å². The summed E-state index contributed by atoms with van der Waals surface area (Å²) in [6, 6.07) is 0. The second kappa shape index (κ2) is 8.00. The number of hydrogen-bond acceptors (Lipinski definition) is 1. The second-order valence-electron chi connectivity index (χ2n) is 7.40. The van der Waals surface area contributed by atoms with Crippen LogP contribution >= 0.6 is 0 Å². The summed E-state index contributed by atoms with van der Waals surface area (Å²) in [6.07, 6.45) is 7.30. The van der Waals surface area contributed by atoms with E-state index in [1.54, 1.807) is 0 Å². The molecule has 0 aliphatic rings. The number of aromatic amines is 1. The molecule has 2 nitrogen and oxygen atoms in total. The van der Waals surface area contributed by atoms with Crippen LogP contribution in [0.15, 0.2) is 0 Å². The van der Waals surface area contributed by atoms with Gasteiger partial charge in [-0.25, -0.2) is 4.98 Å². The number of nitrogens with one attached hydrogen (secondary N) is 1. The molecule has 0 saturated carbocycles. The summed E-state index contributed by atoms with van der Waals surface area (Å²) in [5, 5.41) is 0. The maximum absolute atomic E-state index is 5.07. The Hall–Kier alpha value is -0.790. The van der Waals surface area contributed by atoms with Crippen molar-refractivity contribution in [3.05, 3.63) is 17.2 Å². The molecule has 1 heterocycles. The van der Waals surface area contributed by atoms with Gasteiger partial charge in [0.25, 0.3) is 0 Å². The van der Waals surface area contributed by atoms with Gasteiger partial charge in [0, 0.05) is 17.0 Å². The van der Waals surface area contributed by atoms with Gasteiger partial charge in [0.05, 0.1) is 5.69 Å². The van der Waals surface area contributed by atoms with Crippen LogP contribution in [0, 0.1) is 0 Å². The Bertz CT molecular complexity index is 417. The van der Waals surface area contributed by atoms with E-state index in [2.05, 4.69) is 53.5 Å². The Labute approximate surface area is 132 Å². The van der Waals surface area contributed by atoms with E-state index in [1.807, 2.05) is 0 Å². The maximum atomic E-state index is 5.07. The predicted octanol–water partition coefficient (Wildman–Crippen LogP) is 6.29. The van der Waals surface area contributed by atoms with Crippen molar-refractivity contribution in [2.45, 2.75) is 104 Å². The highest BCUT2D eigenvalue weighted by Gasteiger charge is 2.29. The van der Waals surface area contributed by atoms with Gasteiger partial charge in [-0.3, -0.25) is 0 Å². The largest absolute Gasteiger partial charge is 0.345 e. The van der Waals surface area contributed by atoms with Crippen LogP contribution in [0.25, 0.3) is 0 Å². The molecular weight excluding hydrogens is 256 g/mol. The van der Waals surface area contributed by atoms with Crippen LogP contribution in [0.1, 0.15) is 116 Å². The molecular formula is C19H36N2. The van der Waals surface area contributed by atoms with Crippen LogP contribution in [0.2, 0.25) is 0 Å². The van der Waals surface area contributed by atoms with Crippen molar-refractivity contribution in [1.29, 1.82) is 0 Å². The second-order valence-corrected chi connectivity index (χ2v) is 7.40. The molecule has 0 bridgehead atoms. The van der Waals surface area contributed by atoms with E-state index in [-0.39, 0.29) is 5.41 Å². The molecule has 0 spiro atoms. The fraction of sp³-hybridized carbons (Fsp3) is 0.842. The lowest BCUT2D eigenvalue weighted by atomic mass is 9.81. The minimum absolute atomic E-state index is 0.173. The van der Waals surface area contributed by atoms with Crippen LogP contribution in [-0.4, -0.2) is 9.97 Å². The molecule has 2 unspecified atom stereocenters. The van der Waals surface area contributed by atoms with E-state index >= 15 is 0 Å². The van der Waals surface area contributed by atoms with Gasteiger partial charge in [-0.1, -0.05) is 67.7 Å². The summed E-state index contributed by atoms with van der Waals surface area (Å²) >= 11 is 0. The monoisotopic (exact) mass is 292 g/mol. The molecule has 2 atom stereocenters. The summed E-state index contributed by atoms with van der Waals surface area (Å²) in [5.74, 6) is 2.32. The van der Waals surface area contributed by atoms with Gasteiger partial charge in [-0.2, -0.15) is 0 Å². The van der Waals surface area contributed by atoms with Crippen molar-refractivity contribution in [2.24, 2.45) is 0 Å². The molecule has 1 rings (SSSR count). The van der Waals surface area contributed by atoms with Gasteiger partial charge in [0.15, 0.2) is 0 Å². The minimum Gasteiger partial charge on any atom is -0.345 e. The zero-order valence-corrected chi connectivity index (χ0v) is 15.3. The molecule has 1 N–H and O–H groups in total. The standard InChI is InChI=1S/C19H36N2/c1-8-11-14(4)16-17(19(6,7)13-10-3)21-18(20-16)15(5)12-9-2/h14-15H,8-13H2,1-7H3,(H,20,21). The minimum atomic E-state index is 0.173. The molecule has 0 fully saturated rings. The van der Waals surface area contributed by atoms with Crippen LogP contribution in [-0.2, 0) is 5.41 Å². The van der Waals surface area contributed by atoms with Crippen molar-refractivity contribution in [3.8, 4) is 0 Å². The van der Waals surface area contributed by atoms with Crippen molar-refractivity contribution in [2.75, 3.05) is 0 Å². The third-order valence-corrected chi connectivity index (χ3v) is 4.67. The SMILES string of the molecule is CCCC(C)c1nc(C(C)(C)CCC)c(C(C)CCC)[nH]1. The molecule has 0 aliphatic carbocycles. The number of hydrogen-bond donors (Lipinski definition) is 1. The Morgan fingerprint density at radius 1 is 0.952 bits per heavy atom. The highest BCUT2D eigenvalue weighted by molar-refractivity contribution is 5.27. The fourth-order valence-corrected chi connectivity index (χ4v) is 3.40. The van der Waals surface area contributed by atoms with Gasteiger partial charge >= 0.3 is 0 Å². The van der Waals surface area contributed by atoms with E-state index in [9.17, 15) is 0 Å². The molecule has 0 radical (unpaired) electrons. The zero-order valence-electron chi connectivity index (χ0n) is 15.3. The maximum Gasteiger partial charge on any atom is 0.109 e. The molecule has 1 aromatic rings. The highest BCUT2D eigenvalue weighted by atomic mass is 15.0. The first-order valence-corrected chi connectivity index (χ1v) is 8.97. The Kier molecular flexibility index (Phi) is 6.96. The van der Waals surface area contributed by atoms with Gasteiger partial charge in [0.2, 0.25) is 0 Å². The van der Waals surface area contributed by atoms with Crippen molar-refractivity contribution >= 4 is 0 Å². The van der Waals surface area contributed by atoms with Crippen LogP contribution < -0.4 is 0 Å². The highest BCUT2D eigenvalue weighted by Crippen LogP contribution is 2.35. The molecule has 2 heteroatoms. The van der Waals surface area contributed by atoms with Gasteiger partial charge < -0.3 is 4.98 Å². The van der Waals surface area contributed by atoms with Crippen molar-refractivity contribution < 1.29 is 0 Å². The van der Waals surface area contributed by atoms with E-state index < -0.39 is 0 Å². The Morgan fingerprint density at radius 2 is 1.52 bits per heavy atom. The van der Waals surface area contributed by atoms with Gasteiger partial charge in [0.1, 0.15) is 5.82 Å². The number of aromatic nitrogens is 2. The first kappa shape index (κ1) is 18.3. The van der Waals surface area contributed by atoms with Crippen molar-refractivity contribution in [1.82, 2.24) is 9.97 Å². The number of imidazole rings is 1. The molecule has 21 heavy (non-hydrogen) atoms. The quantitative estimate of drug-likeness (QED) is 0.569. The summed E-state index contributed by atoms with van der Waals surface area (Å²) in [7, 11) is 0. The fourth-order valence-electron chi connectivity index (χ4n) is 3.40. The molecule has 0 aliphatic heterocycles. The van der Waals surface area contributed by atoms with Crippen LogP contribution in [0.4, 0.5) is 0 Å². The van der Waals surface area contributed by atoms with Gasteiger partial charge in [-0.05, 0) is 25.2 Å². The Morgan fingerprint density at radius 3 is 2.05 bits per heavy atom. The average molecular weight is 293 g/mol. The average Bonchev–Trinajstić information content (AvgIpc) is 2.85. The van der Waals surface area contributed by atoms with Crippen molar-refractivity contribution in [3.63, 3.8) is 0 Å². The molecule has 1 aromatic heterocycles. The van der Waals surface area contributed by atoms with E-state index in [1.165, 1.54) is 55.7 Å². The number of nitrogens with zero attached hydrogens (tertiary/aromatic N) is 1. The third-order valence-electron chi connectivity index (χ3n) is 4.67.